The normalized spacial score (nSPS) is 11.0. The highest BCUT2D eigenvalue weighted by molar-refractivity contribution is 5.94. The van der Waals surface area contributed by atoms with Crippen LogP contribution in [0.3, 0.4) is 0 Å². The van der Waals surface area contributed by atoms with Crippen LogP contribution >= 0.6 is 0 Å². The van der Waals surface area contributed by atoms with E-state index in [1.54, 1.807) is 0 Å². The quantitative estimate of drug-likeness (QED) is 0.342. The third kappa shape index (κ3) is 7.10. The Balaban J connectivity index is 2.50. The minimum atomic E-state index is -1.19. The zero-order valence-electron chi connectivity index (χ0n) is 14.7. The summed E-state index contributed by atoms with van der Waals surface area (Å²) in [4.78, 5) is 56.6. The Morgan fingerprint density at radius 1 is 1.11 bits per heavy atom. The number of rotatable bonds is 9. The first-order chi connectivity index (χ1) is 12.8. The van der Waals surface area contributed by atoms with Crippen molar-refractivity contribution in [2.45, 2.75) is 18.9 Å². The molecular formula is C16H19N3O8. The monoisotopic (exact) mass is 381 g/mol. The average molecular weight is 381 g/mol. The molecule has 0 saturated heterocycles. The number of amides is 2. The third-order valence-electron chi connectivity index (χ3n) is 3.40. The smallest absolute Gasteiger partial charge is 0.328 e. The van der Waals surface area contributed by atoms with Gasteiger partial charge in [0.05, 0.1) is 25.6 Å². The van der Waals surface area contributed by atoms with Crippen molar-refractivity contribution >= 4 is 29.4 Å². The van der Waals surface area contributed by atoms with E-state index in [1.807, 2.05) is 0 Å². The fraction of sp³-hybridized carbons (Fsp3) is 0.375. The molecule has 0 saturated carbocycles. The number of benzene rings is 1. The van der Waals surface area contributed by atoms with Gasteiger partial charge in [-0.25, -0.2) is 4.79 Å². The Labute approximate surface area is 154 Å². The predicted octanol–water partition coefficient (Wildman–Crippen LogP) is -0.0644. The number of methoxy groups -OCH3 is 2. The van der Waals surface area contributed by atoms with E-state index in [0.717, 1.165) is 14.2 Å². The van der Waals surface area contributed by atoms with Crippen molar-refractivity contribution in [3.05, 3.63) is 39.9 Å². The van der Waals surface area contributed by atoms with Gasteiger partial charge in [-0.05, 0) is 12.1 Å². The van der Waals surface area contributed by atoms with Gasteiger partial charge in [0.2, 0.25) is 5.91 Å². The van der Waals surface area contributed by atoms with Gasteiger partial charge in [0.25, 0.3) is 11.6 Å². The number of nitrogens with one attached hydrogen (secondary N) is 2. The second-order valence-corrected chi connectivity index (χ2v) is 5.23. The molecule has 1 rings (SSSR count). The molecule has 0 aliphatic carbocycles. The van der Waals surface area contributed by atoms with Crippen LogP contribution < -0.4 is 10.6 Å². The molecule has 0 fully saturated rings. The number of hydrogen-bond acceptors (Lipinski definition) is 8. The fourth-order valence-electron chi connectivity index (χ4n) is 1.98. The van der Waals surface area contributed by atoms with E-state index in [-0.39, 0.29) is 30.6 Å². The van der Waals surface area contributed by atoms with Crippen LogP contribution in [0.15, 0.2) is 24.3 Å². The first-order valence-electron chi connectivity index (χ1n) is 7.75. The largest absolute Gasteiger partial charge is 0.469 e. The zero-order valence-corrected chi connectivity index (χ0v) is 14.7. The molecule has 2 N–H and O–H groups in total. The van der Waals surface area contributed by atoms with E-state index in [4.69, 9.17) is 0 Å². The number of ether oxygens (including phenoxy) is 2. The Morgan fingerprint density at radius 3 is 2.26 bits per heavy atom. The van der Waals surface area contributed by atoms with Crippen molar-refractivity contribution < 1.29 is 33.6 Å². The van der Waals surface area contributed by atoms with E-state index < -0.39 is 34.7 Å². The van der Waals surface area contributed by atoms with E-state index in [9.17, 15) is 29.3 Å². The molecule has 0 aromatic heterocycles. The van der Waals surface area contributed by atoms with Gasteiger partial charge in [-0.2, -0.15) is 0 Å². The number of carbonyl (C=O) groups excluding carboxylic acids is 4. The van der Waals surface area contributed by atoms with Gasteiger partial charge in [-0.3, -0.25) is 24.5 Å². The Hall–Kier alpha value is -3.50. The maximum absolute atomic E-state index is 11.9. The molecule has 0 unspecified atom stereocenters. The molecule has 2 amide bonds. The van der Waals surface area contributed by atoms with Crippen LogP contribution in [0.5, 0.6) is 0 Å². The number of nitro benzene ring substituents is 1. The Morgan fingerprint density at radius 2 is 1.74 bits per heavy atom. The lowest BCUT2D eigenvalue weighted by atomic mass is 10.2. The number of carbonyl (C=O) groups is 4. The molecule has 0 spiro atoms. The van der Waals surface area contributed by atoms with Crippen molar-refractivity contribution in [2.75, 3.05) is 20.8 Å². The lowest BCUT2D eigenvalue weighted by Crippen LogP contribution is -2.44. The third-order valence-corrected chi connectivity index (χ3v) is 3.40. The van der Waals surface area contributed by atoms with Gasteiger partial charge in [0.1, 0.15) is 6.04 Å². The van der Waals surface area contributed by atoms with Gasteiger partial charge >= 0.3 is 11.9 Å². The minimum absolute atomic E-state index is 0.0478. The molecule has 11 heteroatoms. The van der Waals surface area contributed by atoms with Crippen molar-refractivity contribution in [3.63, 3.8) is 0 Å². The summed E-state index contributed by atoms with van der Waals surface area (Å²) in [5.74, 6) is -2.60. The highest BCUT2D eigenvalue weighted by Gasteiger charge is 2.25. The number of nitro groups is 1. The van der Waals surface area contributed by atoms with E-state index >= 15 is 0 Å². The van der Waals surface area contributed by atoms with Crippen LogP contribution in [0, 0.1) is 10.1 Å². The molecule has 11 nitrogen and oxygen atoms in total. The topological polar surface area (TPSA) is 154 Å². The zero-order chi connectivity index (χ0) is 20.4. The molecule has 1 atom stereocenters. The fourth-order valence-corrected chi connectivity index (χ4v) is 1.98. The van der Waals surface area contributed by atoms with Gasteiger partial charge in [-0.15, -0.1) is 0 Å². The standard InChI is InChI=1S/C16H19N3O8/c1-26-14(21)9-12(16(23)27-2)18-13(20)7-8-17-15(22)10-3-5-11(6-4-10)19(24)25/h3-6,12H,7-9H2,1-2H3,(H,17,22)(H,18,20)/t12-/m1/s1. The molecule has 0 bridgehead atoms. The molecule has 0 aliphatic rings. The molecule has 0 heterocycles. The first kappa shape index (κ1) is 21.5. The maximum atomic E-state index is 11.9. The number of non-ortho nitro benzene ring substituents is 1. The predicted molar refractivity (Wildman–Crippen MR) is 90.6 cm³/mol. The van der Waals surface area contributed by atoms with Crippen LogP contribution in [0.4, 0.5) is 5.69 Å². The number of esters is 2. The van der Waals surface area contributed by atoms with Crippen molar-refractivity contribution in [1.82, 2.24) is 10.6 Å². The number of hydrogen-bond donors (Lipinski definition) is 2. The molecule has 1 aromatic rings. The lowest BCUT2D eigenvalue weighted by molar-refractivity contribution is -0.384. The van der Waals surface area contributed by atoms with Gasteiger partial charge in [0.15, 0.2) is 0 Å². The molecule has 1 aromatic carbocycles. The van der Waals surface area contributed by atoms with Crippen LogP contribution in [0.2, 0.25) is 0 Å². The summed E-state index contributed by atoms with van der Waals surface area (Å²) >= 11 is 0. The van der Waals surface area contributed by atoms with Crippen molar-refractivity contribution in [1.29, 1.82) is 0 Å². The number of nitrogens with zero attached hydrogens (tertiary/aromatic N) is 1. The summed E-state index contributed by atoms with van der Waals surface area (Å²) in [7, 11) is 2.26. The molecule has 27 heavy (non-hydrogen) atoms. The van der Waals surface area contributed by atoms with Crippen molar-refractivity contribution in [2.24, 2.45) is 0 Å². The summed E-state index contributed by atoms with van der Waals surface area (Å²) in [6, 6.07) is 3.76. The summed E-state index contributed by atoms with van der Waals surface area (Å²) in [6.07, 6.45) is -0.544. The maximum Gasteiger partial charge on any atom is 0.328 e. The molecular weight excluding hydrogens is 362 g/mol. The van der Waals surface area contributed by atoms with Gasteiger partial charge in [-0.1, -0.05) is 0 Å². The average Bonchev–Trinajstić information content (AvgIpc) is 2.66. The molecule has 0 radical (unpaired) electrons. The van der Waals surface area contributed by atoms with Crippen LogP contribution in [-0.2, 0) is 23.9 Å². The van der Waals surface area contributed by atoms with Crippen LogP contribution in [0.25, 0.3) is 0 Å². The summed E-state index contributed by atoms with van der Waals surface area (Å²) in [6.45, 7) is -0.0478. The Kier molecular flexibility index (Phi) is 8.36. The molecule has 0 aliphatic heterocycles. The minimum Gasteiger partial charge on any atom is -0.469 e. The van der Waals surface area contributed by atoms with Crippen LogP contribution in [-0.4, -0.2) is 55.5 Å². The first-order valence-corrected chi connectivity index (χ1v) is 7.75. The second-order valence-electron chi connectivity index (χ2n) is 5.23. The van der Waals surface area contributed by atoms with E-state index in [0.29, 0.717) is 0 Å². The van der Waals surface area contributed by atoms with Gasteiger partial charge in [0, 0.05) is 30.7 Å². The van der Waals surface area contributed by atoms with Gasteiger partial charge < -0.3 is 20.1 Å². The van der Waals surface area contributed by atoms with Crippen LogP contribution in [0.1, 0.15) is 23.2 Å². The Bertz CT molecular complexity index is 717. The lowest BCUT2D eigenvalue weighted by Gasteiger charge is -2.15. The SMILES string of the molecule is COC(=O)C[C@@H](NC(=O)CCNC(=O)c1ccc([N+](=O)[O-])cc1)C(=O)OC. The second kappa shape index (κ2) is 10.5. The highest BCUT2D eigenvalue weighted by atomic mass is 16.6. The summed E-state index contributed by atoms with van der Waals surface area (Å²) in [5, 5.41) is 15.4. The summed E-state index contributed by atoms with van der Waals surface area (Å²) < 4.78 is 8.95. The van der Waals surface area contributed by atoms with E-state index in [1.165, 1.54) is 24.3 Å². The molecule has 146 valence electrons. The van der Waals surface area contributed by atoms with Crippen molar-refractivity contribution in [3.8, 4) is 0 Å². The highest BCUT2D eigenvalue weighted by Crippen LogP contribution is 2.11. The van der Waals surface area contributed by atoms with E-state index in [2.05, 4.69) is 20.1 Å². The summed E-state index contributed by atoms with van der Waals surface area (Å²) in [5.41, 5.74) is 0.0459.